The monoisotopic (exact) mass is 516 g/mol. The highest BCUT2D eigenvalue weighted by molar-refractivity contribution is 5.87. The smallest absolute Gasteiger partial charge is 0.318 e. The van der Waals surface area contributed by atoms with Crippen molar-refractivity contribution in [3.05, 3.63) is 53.2 Å². The topological polar surface area (TPSA) is 82.1 Å². The van der Waals surface area contributed by atoms with E-state index in [1.165, 1.54) is 23.7 Å². The molecule has 9 nitrogen and oxygen atoms in total. The van der Waals surface area contributed by atoms with Gasteiger partial charge in [-0.2, -0.15) is 9.97 Å². The maximum absolute atomic E-state index is 12.1. The summed E-state index contributed by atoms with van der Waals surface area (Å²) in [5, 5.41) is 0. The first-order valence-corrected chi connectivity index (χ1v) is 13.8. The van der Waals surface area contributed by atoms with Gasteiger partial charge in [0.15, 0.2) is 0 Å². The van der Waals surface area contributed by atoms with E-state index in [1.54, 1.807) is 0 Å². The predicted molar refractivity (Wildman–Crippen MR) is 146 cm³/mol. The second kappa shape index (κ2) is 10.4. The van der Waals surface area contributed by atoms with E-state index in [-0.39, 0.29) is 5.91 Å². The van der Waals surface area contributed by atoms with Gasteiger partial charge in [0.1, 0.15) is 18.2 Å². The Hall–Kier alpha value is -3.46. The van der Waals surface area contributed by atoms with Crippen molar-refractivity contribution in [2.24, 2.45) is 0 Å². The number of carbonyl (C=O) groups is 2. The zero-order valence-corrected chi connectivity index (χ0v) is 22.2. The number of anilines is 2. The molecule has 2 fully saturated rings. The highest BCUT2D eigenvalue weighted by Gasteiger charge is 2.32. The lowest BCUT2D eigenvalue weighted by Crippen LogP contribution is -2.48. The number of aromatic nitrogens is 2. The van der Waals surface area contributed by atoms with Crippen molar-refractivity contribution < 1.29 is 14.3 Å². The van der Waals surface area contributed by atoms with Crippen LogP contribution in [-0.2, 0) is 35.5 Å². The lowest BCUT2D eigenvalue weighted by atomic mass is 9.89. The van der Waals surface area contributed by atoms with E-state index < -0.39 is 0 Å². The molecule has 0 bridgehead atoms. The third kappa shape index (κ3) is 4.75. The number of Topliss-reactive ketones (excluding diaryl/α,β-unsaturated/α-hetero) is 1. The van der Waals surface area contributed by atoms with E-state index in [4.69, 9.17) is 14.7 Å². The summed E-state index contributed by atoms with van der Waals surface area (Å²) in [5.41, 5.74) is 5.75. The van der Waals surface area contributed by atoms with Gasteiger partial charge >= 0.3 is 6.01 Å². The number of nitrogens with zero attached hydrogens (tertiary/aromatic N) is 6. The van der Waals surface area contributed by atoms with Crippen LogP contribution in [0.5, 0.6) is 6.01 Å². The fourth-order valence-corrected chi connectivity index (χ4v) is 6.28. The molecule has 0 spiro atoms. The van der Waals surface area contributed by atoms with Crippen LogP contribution < -0.4 is 14.5 Å². The van der Waals surface area contributed by atoms with Crippen molar-refractivity contribution >= 4 is 23.2 Å². The normalized spacial score (nSPS) is 21.4. The number of piperazine rings is 1. The van der Waals surface area contributed by atoms with Gasteiger partial charge in [-0.3, -0.25) is 9.59 Å². The largest absolute Gasteiger partial charge is 0.462 e. The first-order chi connectivity index (χ1) is 18.5. The first kappa shape index (κ1) is 24.9. The van der Waals surface area contributed by atoms with Crippen LogP contribution in [0.3, 0.4) is 0 Å². The highest BCUT2D eigenvalue weighted by atomic mass is 16.5. The van der Waals surface area contributed by atoms with Crippen molar-refractivity contribution in [2.75, 3.05) is 56.2 Å². The summed E-state index contributed by atoms with van der Waals surface area (Å²) in [7, 11) is 2.14. The van der Waals surface area contributed by atoms with Gasteiger partial charge in [0.2, 0.25) is 5.91 Å². The quantitative estimate of drug-likeness (QED) is 0.542. The predicted octanol–water partition coefficient (Wildman–Crippen LogP) is 2.36. The number of likely N-dealkylation sites (tertiary alicyclic amines) is 1. The number of fused-ring (bicyclic) bond motifs is 2. The Morgan fingerprint density at radius 1 is 1.08 bits per heavy atom. The Bertz CT molecular complexity index is 1260. The summed E-state index contributed by atoms with van der Waals surface area (Å²) in [6.45, 7) is 9.39. The maximum atomic E-state index is 12.1. The molecule has 6 rings (SSSR count). The van der Waals surface area contributed by atoms with Gasteiger partial charge < -0.3 is 24.3 Å². The summed E-state index contributed by atoms with van der Waals surface area (Å²) < 4.78 is 6.21. The molecule has 0 unspecified atom stereocenters. The molecular weight excluding hydrogens is 480 g/mol. The molecular formula is C29H36N6O3. The van der Waals surface area contributed by atoms with Gasteiger partial charge in [0, 0.05) is 62.9 Å². The van der Waals surface area contributed by atoms with Gasteiger partial charge in [-0.25, -0.2) is 0 Å². The van der Waals surface area contributed by atoms with Crippen molar-refractivity contribution in [1.29, 1.82) is 0 Å². The molecule has 9 heteroatoms. The van der Waals surface area contributed by atoms with E-state index in [9.17, 15) is 9.59 Å². The molecule has 1 aliphatic carbocycles. The minimum atomic E-state index is -0.0271. The molecule has 3 aliphatic heterocycles. The van der Waals surface area contributed by atoms with Crippen LogP contribution in [0.1, 0.15) is 41.6 Å². The zero-order valence-electron chi connectivity index (χ0n) is 22.2. The van der Waals surface area contributed by atoms with Crippen LogP contribution >= 0.6 is 0 Å². The highest BCUT2D eigenvalue weighted by Crippen LogP contribution is 2.38. The van der Waals surface area contributed by atoms with Gasteiger partial charge in [-0.05, 0) is 56.1 Å². The van der Waals surface area contributed by atoms with Crippen molar-refractivity contribution in [3.63, 3.8) is 0 Å². The van der Waals surface area contributed by atoms with Crippen LogP contribution in [0.25, 0.3) is 0 Å². The molecule has 38 heavy (non-hydrogen) atoms. The number of ketones is 1. The van der Waals surface area contributed by atoms with E-state index in [2.05, 4.69) is 46.5 Å². The minimum Gasteiger partial charge on any atom is -0.462 e. The van der Waals surface area contributed by atoms with Gasteiger partial charge in [-0.1, -0.05) is 18.7 Å². The Morgan fingerprint density at radius 3 is 2.68 bits per heavy atom. The molecule has 0 radical (unpaired) electrons. The van der Waals surface area contributed by atoms with Crippen molar-refractivity contribution in [2.45, 2.75) is 51.2 Å². The van der Waals surface area contributed by atoms with Crippen molar-refractivity contribution in [1.82, 2.24) is 19.8 Å². The lowest BCUT2D eigenvalue weighted by molar-refractivity contribution is -0.126. The molecule has 0 saturated carbocycles. The van der Waals surface area contributed by atoms with Crippen LogP contribution in [0, 0.1) is 0 Å². The number of hydrogen-bond donors (Lipinski definition) is 0. The average Bonchev–Trinajstić information content (AvgIpc) is 3.56. The van der Waals surface area contributed by atoms with Gasteiger partial charge in [-0.15, -0.1) is 0 Å². The number of ether oxygens (including phenoxy) is 1. The summed E-state index contributed by atoms with van der Waals surface area (Å²) in [4.78, 5) is 42.9. The number of rotatable bonds is 6. The van der Waals surface area contributed by atoms with Crippen LogP contribution in [0.4, 0.5) is 11.5 Å². The molecule has 4 heterocycles. The van der Waals surface area contributed by atoms with Gasteiger partial charge in [0.25, 0.3) is 0 Å². The molecule has 1 aromatic carbocycles. The summed E-state index contributed by atoms with van der Waals surface area (Å²) in [6, 6.07) is 7.14. The molecule has 1 aromatic heterocycles. The Balaban J connectivity index is 1.28. The lowest BCUT2D eigenvalue weighted by Gasteiger charge is -2.35. The molecule has 4 aliphatic rings. The molecule has 1 amide bonds. The third-order valence-corrected chi connectivity index (χ3v) is 8.51. The molecule has 200 valence electrons. The zero-order chi connectivity index (χ0) is 26.2. The number of likely N-dealkylation sites (N-methyl/N-ethyl adjacent to an activating group) is 1. The Kier molecular flexibility index (Phi) is 6.78. The van der Waals surface area contributed by atoms with Crippen molar-refractivity contribution in [3.8, 4) is 6.01 Å². The SMILES string of the molecule is C=CC(=O)N1CCN(c2nc(OC[C@@H]3CCCN3C)nc3c2CN(c2cccc4c2CCC(=O)C4)C3)CC1. The fourth-order valence-electron chi connectivity index (χ4n) is 6.28. The third-order valence-electron chi connectivity index (χ3n) is 8.51. The van der Waals surface area contributed by atoms with Crippen LogP contribution in [0.15, 0.2) is 30.9 Å². The maximum Gasteiger partial charge on any atom is 0.318 e. The summed E-state index contributed by atoms with van der Waals surface area (Å²) >= 11 is 0. The van der Waals surface area contributed by atoms with E-state index in [0.717, 1.165) is 42.0 Å². The van der Waals surface area contributed by atoms with Crippen LogP contribution in [0.2, 0.25) is 0 Å². The molecule has 2 saturated heterocycles. The molecule has 2 aromatic rings. The number of carbonyl (C=O) groups excluding carboxylic acids is 2. The Morgan fingerprint density at radius 2 is 1.92 bits per heavy atom. The minimum absolute atomic E-state index is 0.0271. The van der Waals surface area contributed by atoms with E-state index in [1.807, 2.05) is 4.90 Å². The number of benzene rings is 1. The number of hydrogen-bond acceptors (Lipinski definition) is 8. The van der Waals surface area contributed by atoms with Gasteiger partial charge in [0.05, 0.1) is 12.2 Å². The number of amides is 1. The second-order valence-electron chi connectivity index (χ2n) is 10.8. The second-order valence-corrected chi connectivity index (χ2v) is 10.8. The summed E-state index contributed by atoms with van der Waals surface area (Å²) in [6.07, 6.45) is 5.63. The first-order valence-electron chi connectivity index (χ1n) is 13.8. The van der Waals surface area contributed by atoms with E-state index >= 15 is 0 Å². The van der Waals surface area contributed by atoms with E-state index in [0.29, 0.717) is 76.6 Å². The summed E-state index contributed by atoms with van der Waals surface area (Å²) in [5.74, 6) is 1.20. The Labute approximate surface area is 224 Å². The standard InChI is InChI=1S/C29H36N6O3/c1-3-27(37)33-12-14-34(15-13-33)28-24-17-35(26-8-4-6-20-16-22(36)9-10-23(20)26)18-25(24)30-29(31-28)38-19-21-7-5-11-32(21)2/h3-4,6,8,21H,1,5,7,9-19H2,2H3/t21-/m0/s1. The fraction of sp³-hybridized carbons (Fsp3) is 0.517. The van der Waals surface area contributed by atoms with Crippen LogP contribution in [-0.4, -0.2) is 83.9 Å². The average molecular weight is 517 g/mol. The molecule has 0 N–H and O–H groups in total. The molecule has 1 atom stereocenters.